The molecule has 0 amide bonds. The molecule has 0 aliphatic rings. The number of rotatable bonds is 5. The molecular weight excluding hydrogens is 433 g/mol. The molecule has 0 unspecified atom stereocenters. The molecule has 0 atom stereocenters. The van der Waals surface area contributed by atoms with Crippen LogP contribution in [0.2, 0.25) is 0 Å². The molecule has 2 rings (SSSR count). The van der Waals surface area contributed by atoms with Crippen molar-refractivity contribution in [3.05, 3.63) is 55.8 Å². The molecule has 1 heterocycles. The topological polar surface area (TPSA) is 39.2 Å². The lowest BCUT2D eigenvalue weighted by Crippen LogP contribution is -2.04. The minimum absolute atomic E-state index is 0.0650. The maximum Gasteiger partial charge on any atom is 0.195 e. The van der Waals surface area contributed by atoms with Crippen molar-refractivity contribution in [3.8, 4) is 5.75 Å². The quantitative estimate of drug-likeness (QED) is 0.503. The van der Waals surface area contributed by atoms with Crippen molar-refractivity contribution in [1.29, 1.82) is 0 Å². The zero-order valence-corrected chi connectivity index (χ0v) is 14.6. The Morgan fingerprint density at radius 1 is 1.35 bits per heavy atom. The summed E-state index contributed by atoms with van der Waals surface area (Å²) in [4.78, 5) is 16.6. The van der Waals surface area contributed by atoms with Crippen LogP contribution < -0.4 is 4.74 Å². The molecule has 0 N–H and O–H groups in total. The van der Waals surface area contributed by atoms with Gasteiger partial charge < -0.3 is 4.74 Å². The van der Waals surface area contributed by atoms with Crippen LogP contribution in [0, 0.1) is 3.57 Å². The Morgan fingerprint density at radius 3 is 2.90 bits per heavy atom. The van der Waals surface area contributed by atoms with Crippen LogP contribution >= 0.6 is 38.5 Å². The third-order valence-corrected chi connectivity index (χ3v) is 3.98. The van der Waals surface area contributed by atoms with Crippen molar-refractivity contribution in [1.82, 2.24) is 4.98 Å². The zero-order chi connectivity index (χ0) is 14.5. The molecule has 0 bridgehead atoms. The Kier molecular flexibility index (Phi) is 5.54. The second-order valence-electron chi connectivity index (χ2n) is 4.21. The average Bonchev–Trinajstić information content (AvgIpc) is 2.47. The van der Waals surface area contributed by atoms with Crippen molar-refractivity contribution < 1.29 is 9.53 Å². The number of carbonyl (C=O) groups excluding carboxylic acids is 1. The van der Waals surface area contributed by atoms with Crippen LogP contribution in [0.5, 0.6) is 5.75 Å². The highest BCUT2D eigenvalue weighted by Gasteiger charge is 2.14. The van der Waals surface area contributed by atoms with E-state index in [0.717, 1.165) is 14.5 Å². The molecule has 20 heavy (non-hydrogen) atoms. The highest BCUT2D eigenvalue weighted by Crippen LogP contribution is 2.23. The minimum Gasteiger partial charge on any atom is -0.492 e. The van der Waals surface area contributed by atoms with Crippen LogP contribution in [-0.4, -0.2) is 17.4 Å². The first-order valence-corrected chi connectivity index (χ1v) is 8.06. The van der Waals surface area contributed by atoms with E-state index in [2.05, 4.69) is 43.5 Å². The third-order valence-electron chi connectivity index (χ3n) is 2.62. The van der Waals surface area contributed by atoms with Crippen LogP contribution in [0.25, 0.3) is 0 Å². The van der Waals surface area contributed by atoms with Crippen LogP contribution in [0.3, 0.4) is 0 Å². The van der Waals surface area contributed by atoms with E-state index >= 15 is 0 Å². The Morgan fingerprint density at radius 2 is 2.15 bits per heavy atom. The summed E-state index contributed by atoms with van der Waals surface area (Å²) in [6, 6.07) is 7.41. The van der Waals surface area contributed by atoms with Gasteiger partial charge in [0.05, 0.1) is 12.8 Å². The van der Waals surface area contributed by atoms with E-state index in [1.807, 2.05) is 25.1 Å². The predicted molar refractivity (Wildman–Crippen MR) is 90.3 cm³/mol. The molecule has 0 aliphatic carbocycles. The fourth-order valence-electron chi connectivity index (χ4n) is 1.67. The first kappa shape index (κ1) is 15.4. The maximum absolute atomic E-state index is 12.5. The molecular formula is C15H13BrINO2. The number of pyridine rings is 1. The summed E-state index contributed by atoms with van der Waals surface area (Å²) in [5, 5.41) is 0. The Labute approximate surface area is 140 Å². The molecule has 104 valence electrons. The smallest absolute Gasteiger partial charge is 0.195 e. The maximum atomic E-state index is 12.5. The van der Waals surface area contributed by atoms with Crippen molar-refractivity contribution in [2.24, 2.45) is 0 Å². The molecule has 0 radical (unpaired) electrons. The van der Waals surface area contributed by atoms with Crippen molar-refractivity contribution in [2.45, 2.75) is 13.3 Å². The second kappa shape index (κ2) is 7.17. The Balaban J connectivity index is 2.31. The van der Waals surface area contributed by atoms with Gasteiger partial charge in [-0.15, -0.1) is 0 Å². The van der Waals surface area contributed by atoms with Crippen molar-refractivity contribution in [2.75, 3.05) is 6.61 Å². The summed E-state index contributed by atoms with van der Waals surface area (Å²) in [5.74, 6) is 0.560. The highest BCUT2D eigenvalue weighted by molar-refractivity contribution is 14.1. The van der Waals surface area contributed by atoms with Gasteiger partial charge in [0.25, 0.3) is 0 Å². The second-order valence-corrected chi connectivity index (χ2v) is 6.31. The van der Waals surface area contributed by atoms with Gasteiger partial charge in [-0.25, -0.2) is 0 Å². The minimum atomic E-state index is -0.0650. The lowest BCUT2D eigenvalue weighted by molar-refractivity contribution is 0.103. The molecule has 1 aromatic carbocycles. The summed E-state index contributed by atoms with van der Waals surface area (Å²) in [7, 11) is 0. The molecule has 0 saturated carbocycles. The summed E-state index contributed by atoms with van der Waals surface area (Å²) in [5.41, 5.74) is 1.16. The van der Waals surface area contributed by atoms with Gasteiger partial charge in [0.15, 0.2) is 5.78 Å². The van der Waals surface area contributed by atoms with Gasteiger partial charge in [-0.3, -0.25) is 9.78 Å². The summed E-state index contributed by atoms with van der Waals surface area (Å²) in [6.07, 6.45) is 4.10. The van der Waals surface area contributed by atoms with Gasteiger partial charge in [-0.05, 0) is 53.3 Å². The standard InChI is InChI=1S/C15H13BrINO2/c1-2-5-20-12-6-10(8-18-9-12)15(19)13-7-11(17)3-4-14(13)16/h3-4,6-9H,2,5H2,1H3. The van der Waals surface area contributed by atoms with E-state index < -0.39 is 0 Å². The Hall–Kier alpha value is -0.950. The first-order valence-electron chi connectivity index (χ1n) is 6.19. The monoisotopic (exact) mass is 445 g/mol. The van der Waals surface area contributed by atoms with E-state index in [-0.39, 0.29) is 5.78 Å². The highest BCUT2D eigenvalue weighted by atomic mass is 127. The lowest BCUT2D eigenvalue weighted by atomic mass is 10.1. The molecule has 5 heteroatoms. The largest absolute Gasteiger partial charge is 0.492 e. The predicted octanol–water partition coefficient (Wildman–Crippen LogP) is 4.47. The number of hydrogen-bond acceptors (Lipinski definition) is 3. The summed E-state index contributed by atoms with van der Waals surface area (Å²) in [6.45, 7) is 2.65. The zero-order valence-electron chi connectivity index (χ0n) is 10.9. The third kappa shape index (κ3) is 3.79. The van der Waals surface area contributed by atoms with Gasteiger partial charge in [0, 0.05) is 25.4 Å². The number of carbonyl (C=O) groups is 1. The normalized spacial score (nSPS) is 10.3. The molecule has 3 nitrogen and oxygen atoms in total. The molecule has 1 aromatic heterocycles. The van der Waals surface area contributed by atoms with Gasteiger partial charge in [0.1, 0.15) is 5.75 Å². The van der Waals surface area contributed by atoms with Gasteiger partial charge in [-0.1, -0.05) is 22.9 Å². The Bertz CT molecular complexity index is 631. The number of ketones is 1. The van der Waals surface area contributed by atoms with E-state index in [0.29, 0.717) is 23.5 Å². The molecule has 2 aromatic rings. The molecule has 0 spiro atoms. The average molecular weight is 446 g/mol. The number of nitrogens with zero attached hydrogens (tertiary/aromatic N) is 1. The number of benzene rings is 1. The lowest BCUT2D eigenvalue weighted by Gasteiger charge is -2.07. The number of ether oxygens (including phenoxy) is 1. The number of halogens is 2. The summed E-state index contributed by atoms with van der Waals surface area (Å²) >= 11 is 5.60. The molecule has 0 aliphatic heterocycles. The van der Waals surface area contributed by atoms with Crippen LogP contribution in [0.15, 0.2) is 41.1 Å². The van der Waals surface area contributed by atoms with Gasteiger partial charge in [-0.2, -0.15) is 0 Å². The number of aromatic nitrogens is 1. The molecule has 0 saturated heterocycles. The van der Waals surface area contributed by atoms with Crippen LogP contribution in [0.1, 0.15) is 29.3 Å². The van der Waals surface area contributed by atoms with E-state index in [1.54, 1.807) is 18.5 Å². The van der Waals surface area contributed by atoms with Crippen LogP contribution in [-0.2, 0) is 0 Å². The summed E-state index contributed by atoms with van der Waals surface area (Å²) < 4.78 is 7.30. The van der Waals surface area contributed by atoms with E-state index in [1.165, 1.54) is 0 Å². The first-order chi connectivity index (χ1) is 9.61. The van der Waals surface area contributed by atoms with Gasteiger partial charge in [0.2, 0.25) is 0 Å². The fraction of sp³-hybridized carbons (Fsp3) is 0.200. The van der Waals surface area contributed by atoms with Crippen LogP contribution in [0.4, 0.5) is 0 Å². The molecule has 0 fully saturated rings. The number of hydrogen-bond donors (Lipinski definition) is 0. The van der Waals surface area contributed by atoms with E-state index in [4.69, 9.17) is 4.74 Å². The van der Waals surface area contributed by atoms with Crippen molar-refractivity contribution >= 4 is 44.3 Å². The van der Waals surface area contributed by atoms with E-state index in [9.17, 15) is 4.79 Å². The fourth-order valence-corrected chi connectivity index (χ4v) is 2.59. The SMILES string of the molecule is CCCOc1cncc(C(=O)c2cc(I)ccc2Br)c1. The van der Waals surface area contributed by atoms with Gasteiger partial charge >= 0.3 is 0 Å². The van der Waals surface area contributed by atoms with Crippen molar-refractivity contribution in [3.63, 3.8) is 0 Å².